The van der Waals surface area contributed by atoms with Gasteiger partial charge in [-0.25, -0.2) is 9.78 Å². The minimum atomic E-state index is -0.630. The number of rotatable bonds is 3. The van der Waals surface area contributed by atoms with Gasteiger partial charge >= 0.3 is 6.09 Å². The van der Waals surface area contributed by atoms with Gasteiger partial charge in [-0.3, -0.25) is 0 Å². The molecule has 1 amide bonds. The highest BCUT2D eigenvalue weighted by molar-refractivity contribution is 5.86. The molecule has 0 saturated carbocycles. The van der Waals surface area contributed by atoms with Crippen molar-refractivity contribution in [2.75, 3.05) is 13.2 Å². The molecule has 1 saturated heterocycles. The van der Waals surface area contributed by atoms with E-state index >= 15 is 0 Å². The Balaban J connectivity index is 1.60. The molecule has 0 unspecified atom stereocenters. The van der Waals surface area contributed by atoms with Crippen molar-refractivity contribution >= 4 is 17.1 Å². The Morgan fingerprint density at radius 1 is 1.22 bits per heavy atom. The number of pyridine rings is 1. The number of likely N-dealkylation sites (tertiary alicyclic amines) is 1. The van der Waals surface area contributed by atoms with Crippen LogP contribution in [0.15, 0.2) is 30.6 Å². The number of nitrogens with one attached hydrogen (secondary N) is 1. The van der Waals surface area contributed by atoms with Crippen molar-refractivity contribution < 1.29 is 14.3 Å². The smallest absolute Gasteiger partial charge is 0.410 e. The number of H-pyrrole nitrogens is 1. The van der Waals surface area contributed by atoms with Gasteiger partial charge in [-0.05, 0) is 93.8 Å². The van der Waals surface area contributed by atoms with Crippen LogP contribution < -0.4 is 0 Å². The number of benzene rings is 1. The number of aromatic amines is 1. The lowest BCUT2D eigenvalue weighted by Gasteiger charge is -2.31. The van der Waals surface area contributed by atoms with E-state index in [4.69, 9.17) is 9.47 Å². The van der Waals surface area contributed by atoms with E-state index < -0.39 is 11.0 Å². The average molecular weight is 487 g/mol. The predicted octanol–water partition coefficient (Wildman–Crippen LogP) is 6.18. The fraction of sp³-hybridized carbons (Fsp3) is 0.483. The molecule has 2 aliphatic rings. The average Bonchev–Trinajstić information content (AvgIpc) is 3.49. The fourth-order valence-electron chi connectivity index (χ4n) is 5.34. The fourth-order valence-corrected chi connectivity index (χ4v) is 5.34. The lowest BCUT2D eigenvalue weighted by Crippen LogP contribution is -2.36. The molecular weight excluding hydrogens is 452 g/mol. The molecule has 7 nitrogen and oxygen atoms in total. The van der Waals surface area contributed by atoms with E-state index in [2.05, 4.69) is 34.2 Å². The Labute approximate surface area is 212 Å². The molecule has 1 atom stereocenters. The first kappa shape index (κ1) is 24.3. The van der Waals surface area contributed by atoms with Crippen LogP contribution in [0.2, 0.25) is 0 Å². The Morgan fingerprint density at radius 2 is 2.03 bits per heavy atom. The number of aromatic nitrogens is 2. The van der Waals surface area contributed by atoms with Gasteiger partial charge in [0.1, 0.15) is 11.2 Å². The molecule has 1 N–H and O–H groups in total. The summed E-state index contributed by atoms with van der Waals surface area (Å²) in [5.41, 5.74) is 6.19. The highest BCUT2D eigenvalue weighted by atomic mass is 16.6. The summed E-state index contributed by atoms with van der Waals surface area (Å²) in [6, 6.07) is 8.91. The van der Waals surface area contributed by atoms with Gasteiger partial charge in [0.15, 0.2) is 0 Å². The summed E-state index contributed by atoms with van der Waals surface area (Å²) < 4.78 is 11.6. The third kappa shape index (κ3) is 4.46. The standard InChI is InChI=1S/C29H34N4O3/c1-28(2,3)36-27(34)33-9-6-7-25(33)21-12-19(11-18-8-10-35-16-23(18)21)20-13-22-24(29(4,5)17-30)15-32-26(22)31-14-20/h11-15,25H,6-10,16H2,1-5H3,(H,31,32)/t25-/m0/s1. The third-order valence-electron chi connectivity index (χ3n) is 7.20. The second-order valence-corrected chi connectivity index (χ2v) is 11.4. The number of carbonyl (C=O) groups excluding carboxylic acids is 1. The second kappa shape index (κ2) is 8.94. The van der Waals surface area contributed by atoms with Crippen molar-refractivity contribution in [3.63, 3.8) is 0 Å². The maximum absolute atomic E-state index is 13.1. The molecule has 1 fully saturated rings. The van der Waals surface area contributed by atoms with E-state index in [0.717, 1.165) is 52.5 Å². The second-order valence-electron chi connectivity index (χ2n) is 11.4. The summed E-state index contributed by atoms with van der Waals surface area (Å²) in [7, 11) is 0. The Morgan fingerprint density at radius 3 is 2.78 bits per heavy atom. The highest BCUT2D eigenvalue weighted by Crippen LogP contribution is 2.40. The molecule has 4 heterocycles. The molecule has 1 aromatic carbocycles. The number of amides is 1. The van der Waals surface area contributed by atoms with Crippen molar-refractivity contribution in [2.24, 2.45) is 0 Å². The molecule has 36 heavy (non-hydrogen) atoms. The van der Waals surface area contributed by atoms with Crippen LogP contribution >= 0.6 is 0 Å². The number of nitriles is 1. The van der Waals surface area contributed by atoms with E-state index in [9.17, 15) is 10.1 Å². The van der Waals surface area contributed by atoms with E-state index in [1.807, 2.05) is 51.9 Å². The Hall–Kier alpha value is -3.37. The molecule has 0 aliphatic carbocycles. The summed E-state index contributed by atoms with van der Waals surface area (Å²) >= 11 is 0. The van der Waals surface area contributed by atoms with E-state index in [1.54, 1.807) is 0 Å². The molecule has 2 aliphatic heterocycles. The van der Waals surface area contributed by atoms with Crippen LogP contribution in [0.1, 0.15) is 75.8 Å². The van der Waals surface area contributed by atoms with Crippen LogP contribution in [0.5, 0.6) is 0 Å². The first-order chi connectivity index (χ1) is 17.1. The number of ether oxygens (including phenoxy) is 2. The maximum atomic E-state index is 13.1. The van der Waals surface area contributed by atoms with Gasteiger partial charge in [0.05, 0.1) is 30.7 Å². The summed E-state index contributed by atoms with van der Waals surface area (Å²) in [4.78, 5) is 22.8. The van der Waals surface area contributed by atoms with Crippen LogP contribution in [0.25, 0.3) is 22.2 Å². The summed E-state index contributed by atoms with van der Waals surface area (Å²) in [6.07, 6.45) is 6.17. The van der Waals surface area contributed by atoms with Crippen molar-refractivity contribution in [3.05, 3.63) is 52.8 Å². The predicted molar refractivity (Wildman–Crippen MR) is 138 cm³/mol. The normalized spacial score (nSPS) is 18.2. The minimum absolute atomic E-state index is 0.0488. The number of hydrogen-bond acceptors (Lipinski definition) is 5. The van der Waals surface area contributed by atoms with E-state index in [-0.39, 0.29) is 12.1 Å². The number of fused-ring (bicyclic) bond motifs is 2. The van der Waals surface area contributed by atoms with Gasteiger partial charge in [-0.2, -0.15) is 5.26 Å². The van der Waals surface area contributed by atoms with E-state index in [1.165, 1.54) is 11.1 Å². The highest BCUT2D eigenvalue weighted by Gasteiger charge is 2.35. The molecule has 0 bridgehead atoms. The maximum Gasteiger partial charge on any atom is 0.410 e. The molecule has 7 heteroatoms. The quantitative estimate of drug-likeness (QED) is 0.478. The monoisotopic (exact) mass is 486 g/mol. The summed E-state index contributed by atoms with van der Waals surface area (Å²) in [5, 5.41) is 10.7. The van der Waals surface area contributed by atoms with Gasteiger partial charge in [0.25, 0.3) is 0 Å². The van der Waals surface area contributed by atoms with Crippen molar-refractivity contribution in [1.29, 1.82) is 5.26 Å². The zero-order valence-corrected chi connectivity index (χ0v) is 21.8. The molecule has 188 valence electrons. The number of hydrogen-bond donors (Lipinski definition) is 1. The lowest BCUT2D eigenvalue weighted by molar-refractivity contribution is 0.0221. The van der Waals surface area contributed by atoms with E-state index in [0.29, 0.717) is 19.8 Å². The van der Waals surface area contributed by atoms with Gasteiger partial charge in [-0.1, -0.05) is 6.07 Å². The van der Waals surface area contributed by atoms with Crippen molar-refractivity contribution in [1.82, 2.24) is 14.9 Å². The van der Waals surface area contributed by atoms with Crippen LogP contribution in [0.4, 0.5) is 4.79 Å². The molecule has 0 radical (unpaired) electrons. The summed E-state index contributed by atoms with van der Waals surface area (Å²) in [6.45, 7) is 11.5. The first-order valence-electron chi connectivity index (χ1n) is 12.7. The minimum Gasteiger partial charge on any atom is -0.444 e. The molecule has 5 rings (SSSR count). The Bertz CT molecular complexity index is 1360. The largest absolute Gasteiger partial charge is 0.444 e. The van der Waals surface area contributed by atoms with Gasteiger partial charge < -0.3 is 19.4 Å². The van der Waals surface area contributed by atoms with Crippen molar-refractivity contribution in [3.8, 4) is 17.2 Å². The van der Waals surface area contributed by atoms with Gasteiger partial charge in [-0.15, -0.1) is 0 Å². The van der Waals surface area contributed by atoms with Crippen molar-refractivity contribution in [2.45, 2.75) is 77.5 Å². The van der Waals surface area contributed by atoms with Crippen LogP contribution in [-0.2, 0) is 27.9 Å². The zero-order chi connectivity index (χ0) is 25.7. The van der Waals surface area contributed by atoms with Crippen LogP contribution in [0, 0.1) is 11.3 Å². The SMILES string of the molecule is CC(C)(C)OC(=O)N1CCC[C@H]1c1cc(-c2cnc3[nH]cc(C(C)(C)C#N)c3c2)cc2c1COCC2. The molecular formula is C29H34N4O3. The summed E-state index contributed by atoms with van der Waals surface area (Å²) in [5.74, 6) is 0. The first-order valence-corrected chi connectivity index (χ1v) is 12.7. The molecule has 3 aromatic rings. The molecule has 2 aromatic heterocycles. The number of carbonyl (C=O) groups is 1. The van der Waals surface area contributed by atoms with Gasteiger partial charge in [0.2, 0.25) is 0 Å². The Kier molecular flexibility index (Phi) is 6.04. The van der Waals surface area contributed by atoms with Crippen LogP contribution in [0.3, 0.4) is 0 Å². The topological polar surface area (TPSA) is 91.2 Å². The zero-order valence-electron chi connectivity index (χ0n) is 21.8. The van der Waals surface area contributed by atoms with Crippen LogP contribution in [-0.4, -0.2) is 39.7 Å². The van der Waals surface area contributed by atoms with Gasteiger partial charge in [0, 0.05) is 29.9 Å². The lowest BCUT2D eigenvalue weighted by atomic mass is 9.85. The third-order valence-corrected chi connectivity index (χ3v) is 7.20. The molecule has 0 spiro atoms. The number of nitrogens with zero attached hydrogens (tertiary/aromatic N) is 3.